The number of nitrogens with one attached hydrogen (secondary N) is 1. The van der Waals surface area contributed by atoms with Crippen molar-refractivity contribution in [3.63, 3.8) is 0 Å². The van der Waals surface area contributed by atoms with Crippen molar-refractivity contribution < 1.29 is 32.3 Å². The van der Waals surface area contributed by atoms with E-state index in [0.717, 1.165) is 12.1 Å². The summed E-state index contributed by atoms with van der Waals surface area (Å²) in [7, 11) is 0. The summed E-state index contributed by atoms with van der Waals surface area (Å²) in [6, 6.07) is 6.97. The minimum Gasteiger partial charge on any atom is -0.489 e. The maximum atomic E-state index is 13.0. The standard InChI is InChI=1S/C21H21F3N4O4/c22-21(23,24)14-5-1-4-13(10-14)20(31)28-9-3-6-15(28)12-32-16-7-2-8-26-18(16)19(30)27-11-17(25)29/h1-2,4-5,7-8,10,15H,3,6,9,11-12H2,(H2,25,29)(H,27,30)/t15-/m1/s1. The predicted octanol–water partition coefficient (Wildman–Crippen LogP) is 2.00. The molecule has 1 aromatic heterocycles. The monoisotopic (exact) mass is 450 g/mol. The number of rotatable bonds is 7. The van der Waals surface area contributed by atoms with E-state index in [1.165, 1.54) is 29.3 Å². The number of likely N-dealkylation sites (tertiary alicyclic amines) is 1. The van der Waals surface area contributed by atoms with Crippen LogP contribution in [0.3, 0.4) is 0 Å². The molecule has 0 aliphatic carbocycles. The zero-order valence-electron chi connectivity index (χ0n) is 16.9. The van der Waals surface area contributed by atoms with Crippen molar-refractivity contribution in [2.75, 3.05) is 19.7 Å². The number of aromatic nitrogens is 1. The first-order valence-electron chi connectivity index (χ1n) is 9.79. The third-order valence-electron chi connectivity index (χ3n) is 4.92. The van der Waals surface area contributed by atoms with Gasteiger partial charge in [0.15, 0.2) is 11.4 Å². The summed E-state index contributed by atoms with van der Waals surface area (Å²) in [5.41, 5.74) is 4.02. The second-order valence-electron chi connectivity index (χ2n) is 7.18. The fourth-order valence-corrected chi connectivity index (χ4v) is 3.39. The van der Waals surface area contributed by atoms with Crippen molar-refractivity contribution in [3.8, 4) is 5.75 Å². The Labute approximate surface area is 181 Å². The number of nitrogens with zero attached hydrogens (tertiary/aromatic N) is 2. The summed E-state index contributed by atoms with van der Waals surface area (Å²) in [5.74, 6) is -1.74. The van der Waals surface area contributed by atoms with Crippen LogP contribution in [0.15, 0.2) is 42.6 Å². The highest BCUT2D eigenvalue weighted by Gasteiger charge is 2.34. The van der Waals surface area contributed by atoms with Gasteiger partial charge in [0.2, 0.25) is 5.91 Å². The van der Waals surface area contributed by atoms with E-state index in [0.29, 0.717) is 19.4 Å². The maximum Gasteiger partial charge on any atom is 0.416 e. The minimum absolute atomic E-state index is 0.0203. The van der Waals surface area contributed by atoms with Crippen molar-refractivity contribution in [1.82, 2.24) is 15.2 Å². The van der Waals surface area contributed by atoms with E-state index >= 15 is 0 Å². The fraction of sp³-hybridized carbons (Fsp3) is 0.333. The molecule has 3 amide bonds. The molecule has 1 atom stereocenters. The van der Waals surface area contributed by atoms with Crippen LogP contribution in [-0.2, 0) is 11.0 Å². The molecule has 2 heterocycles. The van der Waals surface area contributed by atoms with E-state index in [2.05, 4.69) is 10.3 Å². The van der Waals surface area contributed by atoms with Gasteiger partial charge in [-0.2, -0.15) is 13.2 Å². The minimum atomic E-state index is -4.55. The number of hydrogen-bond donors (Lipinski definition) is 2. The van der Waals surface area contributed by atoms with Crippen molar-refractivity contribution in [1.29, 1.82) is 0 Å². The average molecular weight is 450 g/mol. The summed E-state index contributed by atoms with van der Waals surface area (Å²) >= 11 is 0. The Morgan fingerprint density at radius 3 is 2.72 bits per heavy atom. The topological polar surface area (TPSA) is 115 Å². The zero-order chi connectivity index (χ0) is 23.3. The Morgan fingerprint density at radius 2 is 2.00 bits per heavy atom. The van der Waals surface area contributed by atoms with Gasteiger partial charge in [0.25, 0.3) is 11.8 Å². The van der Waals surface area contributed by atoms with Crippen molar-refractivity contribution in [2.24, 2.45) is 5.73 Å². The largest absolute Gasteiger partial charge is 0.489 e. The molecule has 1 saturated heterocycles. The van der Waals surface area contributed by atoms with E-state index in [4.69, 9.17) is 10.5 Å². The van der Waals surface area contributed by atoms with E-state index in [-0.39, 0.29) is 30.2 Å². The molecule has 1 aliphatic heterocycles. The summed E-state index contributed by atoms with van der Waals surface area (Å²) in [4.78, 5) is 41.4. The number of benzene rings is 1. The van der Waals surface area contributed by atoms with Crippen LogP contribution >= 0.6 is 0 Å². The SMILES string of the molecule is NC(=O)CNC(=O)c1ncccc1OC[C@H]1CCCN1C(=O)c1cccc(C(F)(F)F)c1. The maximum absolute atomic E-state index is 13.0. The highest BCUT2D eigenvalue weighted by atomic mass is 19.4. The van der Waals surface area contributed by atoms with Crippen LogP contribution in [0.25, 0.3) is 0 Å². The van der Waals surface area contributed by atoms with Crippen LogP contribution in [0.1, 0.15) is 39.3 Å². The van der Waals surface area contributed by atoms with Gasteiger partial charge in [0, 0.05) is 18.3 Å². The number of nitrogens with two attached hydrogens (primary N) is 1. The number of carbonyl (C=O) groups is 3. The summed E-state index contributed by atoms with van der Waals surface area (Å²) < 4.78 is 44.7. The number of halogens is 3. The molecule has 0 spiro atoms. The lowest BCUT2D eigenvalue weighted by Gasteiger charge is -2.25. The van der Waals surface area contributed by atoms with E-state index in [9.17, 15) is 27.6 Å². The van der Waals surface area contributed by atoms with Gasteiger partial charge in [-0.05, 0) is 43.2 Å². The first-order valence-corrected chi connectivity index (χ1v) is 9.79. The highest BCUT2D eigenvalue weighted by molar-refractivity contribution is 5.97. The number of primary amides is 1. The van der Waals surface area contributed by atoms with Crippen LogP contribution in [0, 0.1) is 0 Å². The Kier molecular flexibility index (Phi) is 6.96. The second kappa shape index (κ2) is 9.67. The normalized spacial score (nSPS) is 16.0. The van der Waals surface area contributed by atoms with Crippen LogP contribution in [0.5, 0.6) is 5.75 Å². The molecule has 3 rings (SSSR count). The van der Waals surface area contributed by atoms with E-state index in [1.807, 2.05) is 0 Å². The van der Waals surface area contributed by atoms with Crippen LogP contribution < -0.4 is 15.8 Å². The predicted molar refractivity (Wildman–Crippen MR) is 107 cm³/mol. The molecule has 1 fully saturated rings. The first-order chi connectivity index (χ1) is 15.2. The quantitative estimate of drug-likeness (QED) is 0.670. The van der Waals surface area contributed by atoms with Gasteiger partial charge < -0.3 is 20.7 Å². The molecule has 32 heavy (non-hydrogen) atoms. The summed E-state index contributed by atoms with van der Waals surface area (Å²) in [6.07, 6.45) is -1.91. The van der Waals surface area contributed by atoms with Crippen LogP contribution in [0.4, 0.5) is 13.2 Å². The molecule has 0 bridgehead atoms. The Morgan fingerprint density at radius 1 is 1.22 bits per heavy atom. The molecular formula is C21H21F3N4O4. The molecule has 1 aromatic carbocycles. The van der Waals surface area contributed by atoms with Gasteiger partial charge in [0.1, 0.15) is 6.61 Å². The Balaban J connectivity index is 1.70. The van der Waals surface area contributed by atoms with Crippen LogP contribution in [-0.4, -0.2) is 53.3 Å². The third kappa shape index (κ3) is 5.54. The number of ether oxygens (including phenoxy) is 1. The van der Waals surface area contributed by atoms with Gasteiger partial charge in [-0.3, -0.25) is 14.4 Å². The fourth-order valence-electron chi connectivity index (χ4n) is 3.39. The average Bonchev–Trinajstić information content (AvgIpc) is 3.23. The van der Waals surface area contributed by atoms with E-state index < -0.39 is 35.5 Å². The molecular weight excluding hydrogens is 429 g/mol. The van der Waals surface area contributed by atoms with Gasteiger partial charge in [-0.1, -0.05) is 6.07 Å². The van der Waals surface area contributed by atoms with Crippen molar-refractivity contribution in [3.05, 3.63) is 59.4 Å². The Bertz CT molecular complexity index is 1010. The number of hydrogen-bond acceptors (Lipinski definition) is 5. The lowest BCUT2D eigenvalue weighted by molar-refractivity contribution is -0.137. The zero-order valence-corrected chi connectivity index (χ0v) is 16.9. The lowest BCUT2D eigenvalue weighted by Crippen LogP contribution is -2.39. The first kappa shape index (κ1) is 23.0. The smallest absolute Gasteiger partial charge is 0.416 e. The molecule has 11 heteroatoms. The van der Waals surface area contributed by atoms with Gasteiger partial charge >= 0.3 is 6.18 Å². The third-order valence-corrected chi connectivity index (χ3v) is 4.92. The molecule has 170 valence electrons. The van der Waals surface area contributed by atoms with Gasteiger partial charge in [-0.15, -0.1) is 0 Å². The molecule has 8 nitrogen and oxygen atoms in total. The molecule has 0 radical (unpaired) electrons. The number of amides is 3. The van der Waals surface area contributed by atoms with Gasteiger partial charge in [-0.25, -0.2) is 4.98 Å². The molecule has 0 saturated carbocycles. The molecule has 3 N–H and O–H groups in total. The molecule has 1 aliphatic rings. The van der Waals surface area contributed by atoms with E-state index in [1.54, 1.807) is 6.07 Å². The number of alkyl halides is 3. The number of carbonyl (C=O) groups excluding carboxylic acids is 3. The Hall–Kier alpha value is -3.63. The molecule has 2 aromatic rings. The lowest BCUT2D eigenvalue weighted by atomic mass is 10.1. The summed E-state index contributed by atoms with van der Waals surface area (Å²) in [5, 5.41) is 2.32. The van der Waals surface area contributed by atoms with Gasteiger partial charge in [0.05, 0.1) is 18.2 Å². The van der Waals surface area contributed by atoms with Crippen LogP contribution in [0.2, 0.25) is 0 Å². The summed E-state index contributed by atoms with van der Waals surface area (Å²) in [6.45, 7) is 0.0331. The second-order valence-corrected chi connectivity index (χ2v) is 7.18. The van der Waals surface area contributed by atoms with Crippen molar-refractivity contribution in [2.45, 2.75) is 25.1 Å². The highest BCUT2D eigenvalue weighted by Crippen LogP contribution is 2.30. The van der Waals surface area contributed by atoms with Crippen molar-refractivity contribution >= 4 is 17.7 Å². The molecule has 0 unspecified atom stereocenters. The number of pyridine rings is 1.